The zero-order valence-electron chi connectivity index (χ0n) is 70.4. The average Bonchev–Trinajstić information content (AvgIpc) is 0.884. The lowest BCUT2D eigenvalue weighted by molar-refractivity contribution is -0.145. The molecule has 0 rings (SSSR count). The minimum atomic E-state index is -1.20. The van der Waals surface area contributed by atoms with Gasteiger partial charge in [0.05, 0.1) is 124 Å². The second kappa shape index (κ2) is 82.5. The number of halogens is 1. The van der Waals surface area contributed by atoms with Gasteiger partial charge in [0.1, 0.15) is 38.0 Å². The van der Waals surface area contributed by atoms with Crippen LogP contribution in [0.3, 0.4) is 0 Å². The van der Waals surface area contributed by atoms with Gasteiger partial charge in [-0.1, -0.05) is 22.6 Å². The third-order valence-corrected chi connectivity index (χ3v) is 19.9. The van der Waals surface area contributed by atoms with Crippen molar-refractivity contribution in [2.24, 2.45) is 23.7 Å². The maximum absolute atomic E-state index is 13.6. The van der Waals surface area contributed by atoms with Gasteiger partial charge in [-0.15, -0.1) is 0 Å². The van der Waals surface area contributed by atoms with Crippen molar-refractivity contribution in [3.05, 3.63) is 0 Å². The number of carboxylic acid groups (broad SMARTS) is 4. The summed E-state index contributed by atoms with van der Waals surface area (Å²) in [6.45, 7) is 2.19. The van der Waals surface area contributed by atoms with Crippen LogP contribution < -0.4 is 31.9 Å². The standard InChI is InChI=1S/C38H64N4O15S3.C37H61IN4O15S2.CH4S/c1-58-25-30(43)5-4-13-42(14-10-39-34(47)26-59-2)37(51)28(7-9-36(49)50)21-31(44)23-56-19-17-54-15-11-40-33(46)8-6-29(38(52)53)22-32(45)24-57-20-18-55-16-12-41-35(48)27-60-3;1-58-25-29(43)4-3-12-42(13-9-39-34(48)26-59-2)36(51)27(6-8-35(49)50)20-30(44)23-56-18-16-54-14-10-40-32(46)7-5-28(37(52)53)21-31(45)24-57-19-17-55-15-11-41-33(47)22-38;1-2/h28-29H,4-27H2,1-3H3,(H,39,47)(H,40,46)(H,41,48)(H,49,50)(H,52,53);27-28H,3-26H2,1-2H3,(H,39,48)(H,40,46)(H,41,47)(H,49,50)(H,52,53);2H,1H3/t28-,29?;27-,28?;/m11./s1. The van der Waals surface area contributed by atoms with E-state index < -0.39 is 94.3 Å². The number of carbonyl (C=O) groups excluding carboxylic acids is 14. The number of nitrogens with zero attached hydrogens (tertiary/aromatic N) is 2. The summed E-state index contributed by atoms with van der Waals surface area (Å²) in [4.78, 5) is 221. The minimum absolute atomic E-state index is 0.0164. The number of hydrogen-bond donors (Lipinski definition) is 11. The quantitative estimate of drug-likeness (QED) is 0.0179. The Kier molecular flexibility index (Phi) is 81.3. The van der Waals surface area contributed by atoms with E-state index in [2.05, 4.69) is 44.5 Å². The summed E-state index contributed by atoms with van der Waals surface area (Å²) in [5, 5.41) is 53.6. The number of carbonyl (C=O) groups is 18. The van der Waals surface area contributed by atoms with E-state index in [0.29, 0.717) is 47.6 Å². The summed E-state index contributed by atoms with van der Waals surface area (Å²) in [6, 6.07) is 0. The van der Waals surface area contributed by atoms with E-state index in [9.17, 15) is 107 Å². The molecule has 696 valence electrons. The summed E-state index contributed by atoms with van der Waals surface area (Å²) in [5.74, 6) is -11.1. The fourth-order valence-corrected chi connectivity index (χ4v) is 12.8. The van der Waals surface area contributed by atoms with E-state index in [-0.39, 0.29) is 295 Å². The van der Waals surface area contributed by atoms with E-state index in [4.69, 9.17) is 37.9 Å². The highest BCUT2D eigenvalue weighted by Crippen LogP contribution is 2.20. The molecular formula is C76H129IN8O30S6. The Balaban J connectivity index is -0.00000226. The normalized spacial score (nSPS) is 11.8. The Bertz CT molecular complexity index is 2990. The fourth-order valence-electron chi connectivity index (χ4n) is 10.5. The molecule has 121 heavy (non-hydrogen) atoms. The van der Waals surface area contributed by atoms with Crippen molar-refractivity contribution in [3.8, 4) is 0 Å². The van der Waals surface area contributed by atoms with Crippen LogP contribution in [0.25, 0.3) is 0 Å². The average molecular weight is 1950 g/mol. The Morgan fingerprint density at radius 2 is 0.562 bits per heavy atom. The van der Waals surface area contributed by atoms with Crippen LogP contribution in [-0.2, 0) is 124 Å². The van der Waals surface area contributed by atoms with Gasteiger partial charge in [0.2, 0.25) is 47.3 Å². The molecule has 0 aliphatic heterocycles. The molecule has 38 nitrogen and oxygen atoms in total. The number of amides is 8. The second-order valence-corrected chi connectivity index (χ2v) is 31.5. The predicted molar refractivity (Wildman–Crippen MR) is 472 cm³/mol. The zero-order chi connectivity index (χ0) is 91.2. The predicted octanol–water partition coefficient (Wildman–Crippen LogP) is 1.72. The van der Waals surface area contributed by atoms with E-state index >= 15 is 0 Å². The minimum Gasteiger partial charge on any atom is -0.481 e. The third-order valence-electron chi connectivity index (χ3n) is 16.3. The van der Waals surface area contributed by atoms with Gasteiger partial charge in [0, 0.05) is 141 Å². The SMILES string of the molecule is CS.CSCC(=O)CCCN(CCNC(=O)CSC)C(=O)[C@H](CCC(=O)O)CC(=O)COCCOCCNC(=O)CCC(CC(=O)COCCOCCNC(=O)CI)C(=O)O.CSCC(=O)CCCN(CCNC(=O)CSC)C(=O)[C@H](CCC(=O)O)CC(=O)COCCOCCNC(=O)CCC(CC(=O)COCCOCCNC(=O)CSC)C(=O)O. The molecule has 10 N–H and O–H groups in total. The smallest absolute Gasteiger partial charge is 0.306 e. The molecule has 8 amide bonds. The van der Waals surface area contributed by atoms with Gasteiger partial charge >= 0.3 is 23.9 Å². The highest BCUT2D eigenvalue weighted by Gasteiger charge is 2.31. The number of hydrogen-bond acceptors (Lipinski definition) is 32. The van der Waals surface area contributed by atoms with Crippen LogP contribution in [0.15, 0.2) is 0 Å². The molecule has 0 aliphatic rings. The number of alkyl halides is 1. The lowest BCUT2D eigenvalue weighted by atomic mass is 9.95. The molecule has 2 unspecified atom stereocenters. The van der Waals surface area contributed by atoms with E-state index in [1.165, 1.54) is 68.6 Å². The van der Waals surface area contributed by atoms with Crippen LogP contribution in [0.1, 0.15) is 103 Å². The van der Waals surface area contributed by atoms with Crippen molar-refractivity contribution < 1.29 is 145 Å². The van der Waals surface area contributed by atoms with Gasteiger partial charge in [0.15, 0.2) is 23.1 Å². The van der Waals surface area contributed by atoms with Crippen molar-refractivity contribution in [1.29, 1.82) is 0 Å². The molecule has 0 aromatic carbocycles. The molecule has 0 fully saturated rings. The van der Waals surface area contributed by atoms with Crippen LogP contribution in [0.2, 0.25) is 0 Å². The number of thiol groups is 1. The highest BCUT2D eigenvalue weighted by atomic mass is 127. The molecule has 0 bridgehead atoms. The summed E-state index contributed by atoms with van der Waals surface area (Å²) < 4.78 is 43.0. The van der Waals surface area contributed by atoms with Crippen LogP contribution in [-0.4, -0.2) is 378 Å². The monoisotopic (exact) mass is 1950 g/mol. The van der Waals surface area contributed by atoms with Gasteiger partial charge in [0.25, 0.3) is 0 Å². The number of carboxylic acids is 4. The van der Waals surface area contributed by atoms with Gasteiger partial charge in [-0.3, -0.25) is 86.3 Å². The van der Waals surface area contributed by atoms with Crippen molar-refractivity contribution >= 4 is 200 Å². The van der Waals surface area contributed by atoms with Crippen LogP contribution in [0.5, 0.6) is 0 Å². The molecule has 0 radical (unpaired) electrons. The second-order valence-electron chi connectivity index (χ2n) is 26.4. The van der Waals surface area contributed by atoms with Gasteiger partial charge in [-0.25, -0.2) is 0 Å². The van der Waals surface area contributed by atoms with Crippen LogP contribution in [0.4, 0.5) is 0 Å². The topological polar surface area (TPSA) is 541 Å². The first-order valence-corrected chi connectivity index (χ1v) is 48.6. The molecule has 0 aromatic heterocycles. The van der Waals surface area contributed by atoms with Crippen molar-refractivity contribution in [2.45, 2.75) is 103 Å². The summed E-state index contributed by atoms with van der Waals surface area (Å²) >= 11 is 12.4. The molecule has 4 atom stereocenters. The zero-order valence-corrected chi connectivity index (χ0v) is 77.5. The number of thioether (sulfide) groups is 5. The number of ether oxygens (including phenoxy) is 8. The number of ketones is 6. The van der Waals surface area contributed by atoms with Gasteiger partial charge < -0.3 is 100 Å². The Labute approximate surface area is 749 Å². The van der Waals surface area contributed by atoms with Crippen LogP contribution in [0, 0.1) is 23.7 Å². The maximum atomic E-state index is 13.6. The first kappa shape index (κ1) is 119. The lowest BCUT2D eigenvalue weighted by Gasteiger charge is -2.27. The number of Topliss-reactive ketones (excluding diaryl/α,β-unsaturated/α-hetero) is 6. The summed E-state index contributed by atoms with van der Waals surface area (Å²) in [7, 11) is 0. The van der Waals surface area contributed by atoms with E-state index in [1.54, 1.807) is 18.8 Å². The molecular weight excluding hydrogens is 1820 g/mol. The molecule has 45 heteroatoms. The molecule has 0 aromatic rings. The summed E-state index contributed by atoms with van der Waals surface area (Å²) in [5.41, 5.74) is 0. The molecule has 0 aliphatic carbocycles. The number of aliphatic carboxylic acids is 4. The first-order valence-electron chi connectivity index (χ1n) is 39.2. The lowest BCUT2D eigenvalue weighted by Crippen LogP contribution is -2.43. The number of rotatable bonds is 81. The molecule has 0 saturated carbocycles. The van der Waals surface area contributed by atoms with Crippen LogP contribution >= 0.6 is 94.0 Å². The van der Waals surface area contributed by atoms with Crippen molar-refractivity contribution in [3.63, 3.8) is 0 Å². The Morgan fingerprint density at radius 1 is 0.306 bits per heavy atom. The molecule has 0 heterocycles. The van der Waals surface area contributed by atoms with E-state index in [1.807, 2.05) is 41.4 Å². The Hall–Kier alpha value is -5.83. The van der Waals surface area contributed by atoms with Crippen molar-refractivity contribution in [1.82, 2.24) is 41.7 Å². The largest absolute Gasteiger partial charge is 0.481 e. The van der Waals surface area contributed by atoms with E-state index in [0.717, 1.165) is 0 Å². The first-order chi connectivity index (χ1) is 58.0. The molecule has 0 saturated heterocycles. The fraction of sp³-hybridized carbons (Fsp3) is 0.763. The maximum Gasteiger partial charge on any atom is 0.306 e. The van der Waals surface area contributed by atoms with Crippen molar-refractivity contribution in [2.75, 3.05) is 242 Å². The number of nitrogens with one attached hydrogen (secondary N) is 6. The third kappa shape index (κ3) is 74.2. The van der Waals surface area contributed by atoms with Gasteiger partial charge in [-0.2, -0.15) is 71.4 Å². The molecule has 0 spiro atoms. The highest BCUT2D eigenvalue weighted by molar-refractivity contribution is 14.1. The summed E-state index contributed by atoms with van der Waals surface area (Å²) in [6.07, 6.45) is 9.64. The van der Waals surface area contributed by atoms with Gasteiger partial charge in [-0.05, 0) is 76.1 Å². The Morgan fingerprint density at radius 3 is 0.835 bits per heavy atom.